The Bertz CT molecular complexity index is 336. The average molecular weight is 220 g/mol. The van der Waals surface area contributed by atoms with Gasteiger partial charge in [0.1, 0.15) is 0 Å². The highest BCUT2D eigenvalue weighted by molar-refractivity contribution is 5.80. The fourth-order valence-electron chi connectivity index (χ4n) is 1.51. The molecule has 1 amide bonds. The number of likely N-dealkylation sites (N-methyl/N-ethyl adjacent to an activating group) is 1. The van der Waals surface area contributed by atoms with Crippen LogP contribution in [0.25, 0.3) is 0 Å². The first-order valence-electron chi connectivity index (χ1n) is 5.80. The molecule has 0 aromatic heterocycles. The fourth-order valence-corrected chi connectivity index (χ4v) is 1.51. The normalized spacial score (nSPS) is 9.88. The van der Waals surface area contributed by atoms with E-state index in [9.17, 15) is 4.79 Å². The van der Waals surface area contributed by atoms with Gasteiger partial charge in [-0.25, -0.2) is 0 Å². The molecule has 1 aromatic rings. The molecule has 0 spiro atoms. The van der Waals surface area contributed by atoms with Gasteiger partial charge in [0, 0.05) is 19.3 Å². The molecule has 2 N–H and O–H groups in total. The number of hydrogen-bond acceptors (Lipinski definition) is 2. The number of hydrogen-bond donors (Lipinski definition) is 2. The molecule has 0 saturated heterocycles. The Balaban J connectivity index is 2.63. The van der Waals surface area contributed by atoms with Gasteiger partial charge >= 0.3 is 0 Å². The molecule has 0 atom stereocenters. The first kappa shape index (κ1) is 12.6. The zero-order chi connectivity index (χ0) is 11.8. The summed E-state index contributed by atoms with van der Waals surface area (Å²) in [6, 6.07) is 7.96. The van der Waals surface area contributed by atoms with Crippen molar-refractivity contribution in [1.82, 2.24) is 5.32 Å². The summed E-state index contributed by atoms with van der Waals surface area (Å²) in [7, 11) is 1.66. The molecule has 0 heterocycles. The van der Waals surface area contributed by atoms with Crippen LogP contribution in [0.4, 0.5) is 5.69 Å². The van der Waals surface area contributed by atoms with Crippen LogP contribution in [0.15, 0.2) is 24.3 Å². The number of carbonyl (C=O) groups is 1. The summed E-state index contributed by atoms with van der Waals surface area (Å²) in [5, 5.41) is 6.00. The van der Waals surface area contributed by atoms with Gasteiger partial charge in [0.25, 0.3) is 0 Å². The first-order chi connectivity index (χ1) is 7.77. The molecule has 1 aromatic carbocycles. The number of unbranched alkanes of at least 4 members (excludes halogenated alkanes) is 1. The van der Waals surface area contributed by atoms with Crippen molar-refractivity contribution in [2.75, 3.05) is 18.9 Å². The van der Waals surface area contributed by atoms with Crippen molar-refractivity contribution in [3.8, 4) is 0 Å². The SMILES string of the molecule is CCCCNc1ccccc1CC(=O)NC. The van der Waals surface area contributed by atoms with E-state index in [1.165, 1.54) is 6.42 Å². The molecule has 3 heteroatoms. The van der Waals surface area contributed by atoms with Crippen LogP contribution in [0.1, 0.15) is 25.3 Å². The third-order valence-corrected chi connectivity index (χ3v) is 2.49. The van der Waals surface area contributed by atoms with Gasteiger partial charge in [-0.3, -0.25) is 4.79 Å². The highest BCUT2D eigenvalue weighted by Gasteiger charge is 2.05. The lowest BCUT2D eigenvalue weighted by atomic mass is 10.1. The number of amides is 1. The van der Waals surface area contributed by atoms with E-state index in [1.54, 1.807) is 7.05 Å². The van der Waals surface area contributed by atoms with Gasteiger partial charge in [-0.05, 0) is 18.1 Å². The molecule has 0 aliphatic carbocycles. The molecule has 0 aliphatic heterocycles. The molecular formula is C13H20N2O. The second-order valence-electron chi connectivity index (χ2n) is 3.79. The molecule has 0 radical (unpaired) electrons. The van der Waals surface area contributed by atoms with E-state index >= 15 is 0 Å². The van der Waals surface area contributed by atoms with Crippen LogP contribution < -0.4 is 10.6 Å². The highest BCUT2D eigenvalue weighted by Crippen LogP contribution is 2.15. The number of carbonyl (C=O) groups excluding carboxylic acids is 1. The van der Waals surface area contributed by atoms with E-state index in [1.807, 2.05) is 24.3 Å². The predicted molar refractivity (Wildman–Crippen MR) is 67.6 cm³/mol. The molecule has 88 valence electrons. The Morgan fingerprint density at radius 2 is 2.06 bits per heavy atom. The maximum absolute atomic E-state index is 11.3. The minimum Gasteiger partial charge on any atom is -0.385 e. The van der Waals surface area contributed by atoms with E-state index in [4.69, 9.17) is 0 Å². The lowest BCUT2D eigenvalue weighted by molar-refractivity contribution is -0.119. The molecule has 16 heavy (non-hydrogen) atoms. The van der Waals surface area contributed by atoms with Gasteiger partial charge in [0.15, 0.2) is 0 Å². The Hall–Kier alpha value is -1.51. The molecule has 1 rings (SSSR count). The van der Waals surface area contributed by atoms with Crippen molar-refractivity contribution < 1.29 is 4.79 Å². The summed E-state index contributed by atoms with van der Waals surface area (Å²) in [6.45, 7) is 3.12. The van der Waals surface area contributed by atoms with Crippen LogP contribution in [0.3, 0.4) is 0 Å². The quantitative estimate of drug-likeness (QED) is 0.721. The lowest BCUT2D eigenvalue weighted by Gasteiger charge is -2.10. The van der Waals surface area contributed by atoms with Crippen molar-refractivity contribution in [2.24, 2.45) is 0 Å². The number of nitrogens with one attached hydrogen (secondary N) is 2. The van der Waals surface area contributed by atoms with Gasteiger partial charge < -0.3 is 10.6 Å². The van der Waals surface area contributed by atoms with Crippen molar-refractivity contribution in [3.05, 3.63) is 29.8 Å². The zero-order valence-corrected chi connectivity index (χ0v) is 10.0. The van der Waals surface area contributed by atoms with Gasteiger partial charge in [-0.1, -0.05) is 31.5 Å². The van der Waals surface area contributed by atoms with E-state index in [2.05, 4.69) is 17.6 Å². The molecule has 0 saturated carbocycles. The van der Waals surface area contributed by atoms with Crippen LogP contribution in [0.5, 0.6) is 0 Å². The molecule has 0 fully saturated rings. The fraction of sp³-hybridized carbons (Fsp3) is 0.462. The maximum atomic E-state index is 11.3. The Kier molecular flexibility index (Phi) is 5.40. The Morgan fingerprint density at radius 1 is 1.31 bits per heavy atom. The summed E-state index contributed by atoms with van der Waals surface area (Å²) in [4.78, 5) is 11.3. The van der Waals surface area contributed by atoms with Crippen molar-refractivity contribution >= 4 is 11.6 Å². The Morgan fingerprint density at radius 3 is 2.75 bits per heavy atom. The molecule has 3 nitrogen and oxygen atoms in total. The third kappa shape index (κ3) is 3.93. The van der Waals surface area contributed by atoms with E-state index in [0.717, 1.165) is 24.2 Å². The Labute approximate surface area is 97.2 Å². The lowest BCUT2D eigenvalue weighted by Crippen LogP contribution is -2.20. The summed E-state index contributed by atoms with van der Waals surface area (Å²) in [5.74, 6) is 0.0461. The predicted octanol–water partition coefficient (Wildman–Crippen LogP) is 2.19. The molecule has 0 unspecified atom stereocenters. The first-order valence-corrected chi connectivity index (χ1v) is 5.80. The van der Waals surface area contributed by atoms with E-state index in [0.29, 0.717) is 6.42 Å². The minimum atomic E-state index is 0.0461. The van der Waals surface area contributed by atoms with Gasteiger partial charge in [-0.2, -0.15) is 0 Å². The smallest absolute Gasteiger partial charge is 0.224 e. The standard InChI is InChI=1S/C13H20N2O/c1-3-4-9-15-12-8-6-5-7-11(12)10-13(16)14-2/h5-8,15H,3-4,9-10H2,1-2H3,(H,14,16). The zero-order valence-electron chi connectivity index (χ0n) is 10.0. The van der Waals surface area contributed by atoms with Crippen LogP contribution in [-0.4, -0.2) is 19.5 Å². The van der Waals surface area contributed by atoms with Crippen LogP contribution >= 0.6 is 0 Å². The van der Waals surface area contributed by atoms with E-state index in [-0.39, 0.29) is 5.91 Å². The van der Waals surface area contributed by atoms with Crippen molar-refractivity contribution in [3.63, 3.8) is 0 Å². The molecule has 0 bridgehead atoms. The van der Waals surface area contributed by atoms with E-state index < -0.39 is 0 Å². The number of anilines is 1. The molecular weight excluding hydrogens is 200 g/mol. The maximum Gasteiger partial charge on any atom is 0.224 e. The van der Waals surface area contributed by atoms with Crippen LogP contribution in [-0.2, 0) is 11.2 Å². The topological polar surface area (TPSA) is 41.1 Å². The summed E-state index contributed by atoms with van der Waals surface area (Å²) < 4.78 is 0. The van der Waals surface area contributed by atoms with Crippen LogP contribution in [0.2, 0.25) is 0 Å². The van der Waals surface area contributed by atoms with Gasteiger partial charge in [0.2, 0.25) is 5.91 Å². The van der Waals surface area contributed by atoms with Gasteiger partial charge in [-0.15, -0.1) is 0 Å². The largest absolute Gasteiger partial charge is 0.385 e. The third-order valence-electron chi connectivity index (χ3n) is 2.49. The summed E-state index contributed by atoms with van der Waals surface area (Å²) in [6.07, 6.45) is 2.75. The average Bonchev–Trinajstić information content (AvgIpc) is 2.31. The van der Waals surface area contributed by atoms with Crippen molar-refractivity contribution in [2.45, 2.75) is 26.2 Å². The minimum absolute atomic E-state index is 0.0461. The van der Waals surface area contributed by atoms with Crippen molar-refractivity contribution in [1.29, 1.82) is 0 Å². The second kappa shape index (κ2) is 6.88. The van der Waals surface area contributed by atoms with Gasteiger partial charge in [0.05, 0.1) is 6.42 Å². The monoisotopic (exact) mass is 220 g/mol. The highest BCUT2D eigenvalue weighted by atomic mass is 16.1. The number of para-hydroxylation sites is 1. The summed E-state index contributed by atoms with van der Waals surface area (Å²) >= 11 is 0. The number of rotatable bonds is 6. The summed E-state index contributed by atoms with van der Waals surface area (Å²) in [5.41, 5.74) is 2.12. The number of benzene rings is 1. The van der Waals surface area contributed by atoms with Crippen LogP contribution in [0, 0.1) is 0 Å². The molecule has 0 aliphatic rings. The second-order valence-corrected chi connectivity index (χ2v) is 3.79.